The first-order valence-electron chi connectivity index (χ1n) is 5.76. The van der Waals surface area contributed by atoms with E-state index in [1.54, 1.807) is 10.3 Å². The summed E-state index contributed by atoms with van der Waals surface area (Å²) in [4.78, 5) is 18.1. The molecule has 1 aliphatic rings. The molecule has 1 unspecified atom stereocenters. The average Bonchev–Trinajstić information content (AvgIpc) is 2.78. The number of nitrogens with two attached hydrogens (primary N) is 1. The predicted octanol–water partition coefficient (Wildman–Crippen LogP) is 0.760. The van der Waals surface area contributed by atoms with Crippen molar-refractivity contribution < 1.29 is 9.90 Å². The molecule has 0 radical (unpaired) electrons. The summed E-state index contributed by atoms with van der Waals surface area (Å²) < 4.78 is 0. The molecule has 6 heteroatoms. The molecule has 0 spiro atoms. The van der Waals surface area contributed by atoms with Crippen molar-refractivity contribution in [2.75, 3.05) is 13.1 Å². The van der Waals surface area contributed by atoms with Gasteiger partial charge in [-0.25, -0.2) is 4.98 Å². The molecule has 1 aromatic heterocycles. The van der Waals surface area contributed by atoms with Crippen molar-refractivity contribution in [2.45, 2.75) is 31.9 Å². The number of thiazole rings is 1. The van der Waals surface area contributed by atoms with Crippen molar-refractivity contribution in [2.24, 2.45) is 5.73 Å². The summed E-state index contributed by atoms with van der Waals surface area (Å²) in [5.74, 6) is -0.0555. The molecule has 0 aromatic carbocycles. The highest BCUT2D eigenvalue weighted by atomic mass is 32.1. The van der Waals surface area contributed by atoms with Crippen LogP contribution in [0.5, 0.6) is 0 Å². The number of carbonyl (C=O) groups is 1. The summed E-state index contributed by atoms with van der Waals surface area (Å²) in [5.41, 5.74) is 6.18. The standard InChI is InChI=1S/C11H17N3O2S/c1-7(12)10-13-9(6-17-10)11(16)14-4-2-8(15)3-5-14/h6-8,15H,2-5,12H2,1H3. The number of nitrogens with zero attached hydrogens (tertiary/aromatic N) is 2. The van der Waals surface area contributed by atoms with Gasteiger partial charge in [0.1, 0.15) is 10.7 Å². The minimum Gasteiger partial charge on any atom is -0.393 e. The maximum Gasteiger partial charge on any atom is 0.273 e. The summed E-state index contributed by atoms with van der Waals surface area (Å²) in [6, 6.07) is -0.135. The number of hydrogen-bond donors (Lipinski definition) is 2. The molecule has 1 saturated heterocycles. The van der Waals surface area contributed by atoms with E-state index in [9.17, 15) is 9.90 Å². The van der Waals surface area contributed by atoms with Crippen molar-refractivity contribution in [3.8, 4) is 0 Å². The third-order valence-corrected chi connectivity index (χ3v) is 3.93. The molecule has 0 saturated carbocycles. The number of aliphatic hydroxyl groups excluding tert-OH is 1. The van der Waals surface area contributed by atoms with Crippen LogP contribution in [0.2, 0.25) is 0 Å². The van der Waals surface area contributed by atoms with E-state index in [0.29, 0.717) is 31.6 Å². The Morgan fingerprint density at radius 1 is 1.65 bits per heavy atom. The second-order valence-electron chi connectivity index (χ2n) is 4.38. The SMILES string of the molecule is CC(N)c1nc(C(=O)N2CCC(O)CC2)cs1. The first-order chi connectivity index (χ1) is 8.08. The van der Waals surface area contributed by atoms with Gasteiger partial charge in [-0.15, -0.1) is 11.3 Å². The Bertz CT molecular complexity index is 397. The highest BCUT2D eigenvalue weighted by Crippen LogP contribution is 2.19. The van der Waals surface area contributed by atoms with Gasteiger partial charge in [0.2, 0.25) is 0 Å². The van der Waals surface area contributed by atoms with Crippen molar-refractivity contribution in [3.05, 3.63) is 16.1 Å². The zero-order chi connectivity index (χ0) is 12.4. The average molecular weight is 255 g/mol. The van der Waals surface area contributed by atoms with E-state index in [2.05, 4.69) is 4.98 Å². The van der Waals surface area contributed by atoms with Crippen LogP contribution >= 0.6 is 11.3 Å². The number of rotatable bonds is 2. The van der Waals surface area contributed by atoms with Gasteiger partial charge >= 0.3 is 0 Å². The summed E-state index contributed by atoms with van der Waals surface area (Å²) in [6.45, 7) is 3.06. The number of amides is 1. The molecule has 0 bridgehead atoms. The van der Waals surface area contributed by atoms with Gasteiger partial charge in [0.05, 0.1) is 12.1 Å². The van der Waals surface area contributed by atoms with Gasteiger partial charge in [0.15, 0.2) is 0 Å². The maximum atomic E-state index is 12.1. The van der Waals surface area contributed by atoms with Crippen LogP contribution in [0.1, 0.15) is 41.3 Å². The van der Waals surface area contributed by atoms with E-state index >= 15 is 0 Å². The molecule has 1 atom stereocenters. The molecular weight excluding hydrogens is 238 g/mol. The first kappa shape index (κ1) is 12.5. The Balaban J connectivity index is 2.03. The highest BCUT2D eigenvalue weighted by Gasteiger charge is 2.24. The van der Waals surface area contributed by atoms with Gasteiger partial charge in [0, 0.05) is 18.5 Å². The number of hydrogen-bond acceptors (Lipinski definition) is 5. The Kier molecular flexibility index (Phi) is 3.76. The molecule has 1 aromatic rings. The molecule has 1 fully saturated rings. The molecule has 1 amide bonds. The molecule has 3 N–H and O–H groups in total. The highest BCUT2D eigenvalue weighted by molar-refractivity contribution is 7.09. The Morgan fingerprint density at radius 3 is 2.82 bits per heavy atom. The van der Waals surface area contributed by atoms with E-state index in [0.717, 1.165) is 5.01 Å². The van der Waals surface area contributed by atoms with Gasteiger partial charge in [-0.1, -0.05) is 0 Å². The van der Waals surface area contributed by atoms with Gasteiger partial charge in [-0.2, -0.15) is 0 Å². The van der Waals surface area contributed by atoms with Crippen LogP contribution in [0.4, 0.5) is 0 Å². The van der Waals surface area contributed by atoms with Gasteiger partial charge in [0.25, 0.3) is 5.91 Å². The van der Waals surface area contributed by atoms with E-state index in [1.165, 1.54) is 11.3 Å². The zero-order valence-electron chi connectivity index (χ0n) is 9.80. The third-order valence-electron chi connectivity index (χ3n) is 2.88. The fraction of sp³-hybridized carbons (Fsp3) is 0.636. The topological polar surface area (TPSA) is 79.5 Å². The minimum atomic E-state index is -0.269. The lowest BCUT2D eigenvalue weighted by atomic mass is 10.1. The molecule has 17 heavy (non-hydrogen) atoms. The van der Waals surface area contributed by atoms with Crippen LogP contribution < -0.4 is 5.73 Å². The maximum absolute atomic E-state index is 12.1. The number of aliphatic hydroxyl groups is 1. The zero-order valence-corrected chi connectivity index (χ0v) is 10.6. The van der Waals surface area contributed by atoms with Gasteiger partial charge in [-0.05, 0) is 19.8 Å². The number of piperidine rings is 1. The molecule has 5 nitrogen and oxygen atoms in total. The Morgan fingerprint density at radius 2 is 2.29 bits per heavy atom. The monoisotopic (exact) mass is 255 g/mol. The summed E-state index contributed by atoms with van der Waals surface area (Å²) >= 11 is 1.42. The first-order valence-corrected chi connectivity index (χ1v) is 6.64. The van der Waals surface area contributed by atoms with Crippen molar-refractivity contribution in [1.29, 1.82) is 0 Å². The van der Waals surface area contributed by atoms with Crippen molar-refractivity contribution in [3.63, 3.8) is 0 Å². The largest absolute Gasteiger partial charge is 0.393 e. The molecule has 2 heterocycles. The van der Waals surface area contributed by atoms with Crippen molar-refractivity contribution in [1.82, 2.24) is 9.88 Å². The lowest BCUT2D eigenvalue weighted by Gasteiger charge is -2.28. The summed E-state index contributed by atoms with van der Waals surface area (Å²) in [6.07, 6.45) is 1.03. The lowest BCUT2D eigenvalue weighted by Crippen LogP contribution is -2.40. The lowest BCUT2D eigenvalue weighted by molar-refractivity contribution is 0.0542. The molecule has 2 rings (SSSR count). The molecule has 94 valence electrons. The third kappa shape index (κ3) is 2.83. The smallest absolute Gasteiger partial charge is 0.273 e. The normalized spacial score (nSPS) is 19.4. The quantitative estimate of drug-likeness (QED) is 0.817. The van der Waals surface area contributed by atoms with Crippen LogP contribution in [0.25, 0.3) is 0 Å². The predicted molar refractivity (Wildman–Crippen MR) is 65.9 cm³/mol. The Labute approximate surface area is 104 Å². The van der Waals surface area contributed by atoms with Crippen LogP contribution in [-0.4, -0.2) is 40.1 Å². The van der Waals surface area contributed by atoms with E-state index < -0.39 is 0 Å². The minimum absolute atomic E-state index is 0.0555. The summed E-state index contributed by atoms with van der Waals surface area (Å²) in [5, 5.41) is 11.9. The van der Waals surface area contributed by atoms with Crippen LogP contribution in [0, 0.1) is 0 Å². The second-order valence-corrected chi connectivity index (χ2v) is 5.27. The van der Waals surface area contributed by atoms with Gasteiger partial charge < -0.3 is 15.7 Å². The summed E-state index contributed by atoms with van der Waals surface area (Å²) in [7, 11) is 0. The number of carbonyl (C=O) groups excluding carboxylic acids is 1. The number of aromatic nitrogens is 1. The van der Waals surface area contributed by atoms with Gasteiger partial charge in [-0.3, -0.25) is 4.79 Å². The molecular formula is C11H17N3O2S. The van der Waals surface area contributed by atoms with E-state index in [4.69, 9.17) is 5.73 Å². The fourth-order valence-corrected chi connectivity index (χ4v) is 2.58. The Hall–Kier alpha value is -0.980. The molecule has 1 aliphatic heterocycles. The van der Waals surface area contributed by atoms with Crippen LogP contribution in [0.3, 0.4) is 0 Å². The van der Waals surface area contributed by atoms with E-state index in [1.807, 2.05) is 6.92 Å². The van der Waals surface area contributed by atoms with E-state index in [-0.39, 0.29) is 18.1 Å². The van der Waals surface area contributed by atoms with Crippen molar-refractivity contribution >= 4 is 17.2 Å². The van der Waals surface area contributed by atoms with Crippen LogP contribution in [-0.2, 0) is 0 Å². The van der Waals surface area contributed by atoms with Crippen LogP contribution in [0.15, 0.2) is 5.38 Å². The fourth-order valence-electron chi connectivity index (χ4n) is 1.83. The second kappa shape index (κ2) is 5.12. The number of likely N-dealkylation sites (tertiary alicyclic amines) is 1. The molecule has 0 aliphatic carbocycles.